The van der Waals surface area contributed by atoms with E-state index in [0.717, 1.165) is 5.56 Å². The Morgan fingerprint density at radius 1 is 1.33 bits per heavy atom. The van der Waals surface area contributed by atoms with Crippen molar-refractivity contribution in [2.45, 2.75) is 19.1 Å². The van der Waals surface area contributed by atoms with Crippen molar-refractivity contribution in [3.63, 3.8) is 0 Å². The first-order valence-electron chi connectivity index (χ1n) is 5.42. The number of carbonyl (C=O) groups is 2. The molecule has 1 aromatic carbocycles. The van der Waals surface area contributed by atoms with E-state index in [0.29, 0.717) is 5.56 Å². The lowest BCUT2D eigenvalue weighted by Crippen LogP contribution is -2.40. The van der Waals surface area contributed by atoms with Gasteiger partial charge in [-0.15, -0.1) is 0 Å². The van der Waals surface area contributed by atoms with Gasteiger partial charge in [0.2, 0.25) is 5.91 Å². The van der Waals surface area contributed by atoms with Crippen LogP contribution in [0.5, 0.6) is 0 Å². The van der Waals surface area contributed by atoms with Crippen molar-refractivity contribution < 1.29 is 19.8 Å². The molecule has 0 aliphatic carbocycles. The van der Waals surface area contributed by atoms with E-state index in [4.69, 9.17) is 15.9 Å². The highest BCUT2D eigenvalue weighted by molar-refractivity contribution is 5.83. The van der Waals surface area contributed by atoms with E-state index in [2.05, 4.69) is 5.32 Å². The Labute approximate surface area is 104 Å². The number of aryl methyl sites for hydroxylation is 1. The third-order valence-corrected chi connectivity index (χ3v) is 2.47. The van der Waals surface area contributed by atoms with E-state index in [1.807, 2.05) is 19.1 Å². The van der Waals surface area contributed by atoms with E-state index in [-0.39, 0.29) is 6.54 Å². The van der Waals surface area contributed by atoms with Crippen LogP contribution in [0.15, 0.2) is 24.3 Å². The smallest absolute Gasteiger partial charge is 0.334 e. The van der Waals surface area contributed by atoms with Crippen molar-refractivity contribution in [2.75, 3.05) is 6.54 Å². The summed E-state index contributed by atoms with van der Waals surface area (Å²) in [4.78, 5) is 22.0. The number of rotatable bonds is 5. The molecule has 1 aromatic rings. The van der Waals surface area contributed by atoms with Gasteiger partial charge >= 0.3 is 5.97 Å². The highest BCUT2D eigenvalue weighted by Crippen LogP contribution is 2.11. The van der Waals surface area contributed by atoms with Gasteiger partial charge in [-0.1, -0.05) is 29.8 Å². The molecule has 0 saturated carbocycles. The van der Waals surface area contributed by atoms with Crippen LogP contribution in [-0.4, -0.2) is 34.7 Å². The first-order valence-corrected chi connectivity index (χ1v) is 5.42. The number of carboxylic acid groups (broad SMARTS) is 1. The summed E-state index contributed by atoms with van der Waals surface area (Å²) in [5.74, 6) is -1.92. The molecule has 1 rings (SSSR count). The van der Waals surface area contributed by atoms with Gasteiger partial charge in [-0.3, -0.25) is 4.79 Å². The molecule has 0 bridgehead atoms. The summed E-state index contributed by atoms with van der Waals surface area (Å²) in [7, 11) is 0. The maximum Gasteiger partial charge on any atom is 0.334 e. The first kappa shape index (κ1) is 14.1. The highest BCUT2D eigenvalue weighted by atomic mass is 16.4. The Kier molecular flexibility index (Phi) is 4.82. The maximum absolute atomic E-state index is 11.6. The Morgan fingerprint density at radius 3 is 2.39 bits per heavy atom. The quantitative estimate of drug-likeness (QED) is 0.567. The van der Waals surface area contributed by atoms with Crippen LogP contribution in [0.1, 0.15) is 17.2 Å². The maximum atomic E-state index is 11.6. The van der Waals surface area contributed by atoms with E-state index in [1.165, 1.54) is 0 Å². The second-order valence-corrected chi connectivity index (χ2v) is 3.99. The monoisotopic (exact) mass is 252 g/mol. The fraction of sp³-hybridized carbons (Fsp3) is 0.333. The van der Waals surface area contributed by atoms with Crippen molar-refractivity contribution >= 4 is 11.9 Å². The molecule has 18 heavy (non-hydrogen) atoms. The van der Waals surface area contributed by atoms with Crippen molar-refractivity contribution in [3.8, 4) is 0 Å². The van der Waals surface area contributed by atoms with Crippen molar-refractivity contribution in [2.24, 2.45) is 5.73 Å². The molecule has 5 N–H and O–H groups in total. The minimum absolute atomic E-state index is 0.367. The Bertz CT molecular complexity index is 430. The largest absolute Gasteiger partial charge is 0.479 e. The summed E-state index contributed by atoms with van der Waals surface area (Å²) < 4.78 is 0. The number of nitrogens with one attached hydrogen (secondary N) is 1. The van der Waals surface area contributed by atoms with Crippen LogP contribution in [0.2, 0.25) is 0 Å². The lowest BCUT2D eigenvalue weighted by Gasteiger charge is -2.13. The molecule has 0 saturated heterocycles. The molecule has 1 amide bonds. The number of aliphatic hydroxyl groups is 1. The minimum Gasteiger partial charge on any atom is -0.479 e. The number of carboxylic acids is 1. The van der Waals surface area contributed by atoms with Crippen LogP contribution in [0.25, 0.3) is 0 Å². The third-order valence-electron chi connectivity index (χ3n) is 2.47. The topological polar surface area (TPSA) is 113 Å². The minimum atomic E-state index is -1.63. The van der Waals surface area contributed by atoms with Gasteiger partial charge in [0, 0.05) is 0 Å². The van der Waals surface area contributed by atoms with Gasteiger partial charge in [0.25, 0.3) is 0 Å². The molecule has 6 heteroatoms. The van der Waals surface area contributed by atoms with Gasteiger partial charge in [-0.2, -0.15) is 0 Å². The number of hydrogen-bond donors (Lipinski definition) is 4. The molecule has 0 radical (unpaired) electrons. The van der Waals surface area contributed by atoms with E-state index < -0.39 is 24.0 Å². The molecule has 0 aliphatic rings. The highest BCUT2D eigenvalue weighted by Gasteiger charge is 2.19. The molecule has 0 fully saturated rings. The molecule has 0 aliphatic heterocycles. The molecule has 0 spiro atoms. The molecule has 98 valence electrons. The van der Waals surface area contributed by atoms with Crippen LogP contribution >= 0.6 is 0 Å². The predicted octanol–water partition coefficient (Wildman–Crippen LogP) is -0.443. The molecular formula is C12H16N2O4. The molecular weight excluding hydrogens is 236 g/mol. The number of aliphatic hydroxyl groups excluding tert-OH is 1. The predicted molar refractivity (Wildman–Crippen MR) is 64.8 cm³/mol. The zero-order chi connectivity index (χ0) is 13.7. The Balaban J connectivity index is 2.56. The standard InChI is InChI=1S/C12H16N2O4/c1-7-2-4-8(5-3-7)10(13)11(16)14-6-9(15)12(17)18/h2-5,9-10,15H,6,13H2,1H3,(H,14,16)(H,17,18). The summed E-state index contributed by atoms with van der Waals surface area (Å²) in [6.07, 6.45) is -1.63. The number of aliphatic carboxylic acids is 1. The van der Waals surface area contributed by atoms with Crippen molar-refractivity contribution in [1.29, 1.82) is 0 Å². The fourth-order valence-electron chi connectivity index (χ4n) is 1.32. The van der Waals surface area contributed by atoms with E-state index in [1.54, 1.807) is 12.1 Å². The van der Waals surface area contributed by atoms with Gasteiger partial charge in [0.1, 0.15) is 6.04 Å². The lowest BCUT2D eigenvalue weighted by molar-refractivity contribution is -0.146. The second kappa shape index (κ2) is 6.13. The molecule has 0 aromatic heterocycles. The average Bonchev–Trinajstić information content (AvgIpc) is 2.35. The summed E-state index contributed by atoms with van der Waals surface area (Å²) in [6.45, 7) is 1.55. The van der Waals surface area contributed by atoms with Crippen LogP contribution in [0.4, 0.5) is 0 Å². The van der Waals surface area contributed by atoms with Crippen LogP contribution < -0.4 is 11.1 Å². The number of carbonyl (C=O) groups excluding carboxylic acids is 1. The van der Waals surface area contributed by atoms with Crippen molar-refractivity contribution in [1.82, 2.24) is 5.32 Å². The normalized spacial score (nSPS) is 13.7. The number of hydrogen-bond acceptors (Lipinski definition) is 4. The van der Waals surface area contributed by atoms with Gasteiger partial charge in [0.05, 0.1) is 6.54 Å². The summed E-state index contributed by atoms with van der Waals surface area (Å²) in [5.41, 5.74) is 7.39. The molecule has 6 nitrogen and oxygen atoms in total. The van der Waals surface area contributed by atoms with E-state index >= 15 is 0 Å². The van der Waals surface area contributed by atoms with Gasteiger partial charge < -0.3 is 21.3 Å². The van der Waals surface area contributed by atoms with Crippen LogP contribution in [0, 0.1) is 6.92 Å². The summed E-state index contributed by atoms with van der Waals surface area (Å²) >= 11 is 0. The summed E-state index contributed by atoms with van der Waals surface area (Å²) in [5, 5.41) is 19.7. The number of nitrogens with two attached hydrogens (primary N) is 1. The fourth-order valence-corrected chi connectivity index (χ4v) is 1.32. The van der Waals surface area contributed by atoms with Gasteiger partial charge in [-0.25, -0.2) is 4.79 Å². The zero-order valence-electron chi connectivity index (χ0n) is 9.96. The first-order chi connectivity index (χ1) is 8.41. The van der Waals surface area contributed by atoms with E-state index in [9.17, 15) is 9.59 Å². The Morgan fingerprint density at radius 2 is 1.89 bits per heavy atom. The SMILES string of the molecule is Cc1ccc(C(N)C(=O)NCC(O)C(=O)O)cc1. The Hall–Kier alpha value is -1.92. The molecule has 2 atom stereocenters. The zero-order valence-corrected chi connectivity index (χ0v) is 9.96. The number of benzene rings is 1. The third kappa shape index (κ3) is 3.83. The average molecular weight is 252 g/mol. The van der Waals surface area contributed by atoms with Gasteiger partial charge in [-0.05, 0) is 12.5 Å². The second-order valence-electron chi connectivity index (χ2n) is 3.99. The summed E-state index contributed by atoms with van der Waals surface area (Å²) in [6, 6.07) is 6.23. The van der Waals surface area contributed by atoms with Gasteiger partial charge in [0.15, 0.2) is 6.10 Å². The molecule has 0 heterocycles. The van der Waals surface area contributed by atoms with Crippen LogP contribution in [-0.2, 0) is 9.59 Å². The van der Waals surface area contributed by atoms with Crippen LogP contribution in [0.3, 0.4) is 0 Å². The number of amides is 1. The lowest BCUT2D eigenvalue weighted by atomic mass is 10.1. The molecule has 2 unspecified atom stereocenters. The van der Waals surface area contributed by atoms with Crippen molar-refractivity contribution in [3.05, 3.63) is 35.4 Å².